The standard InChI is InChI=1S/C19H10BrF3N2O3/c20-12-2-1-3-14(10-12)26-13-6-4-11(5-7-13)18-24-17(25-28-18)15-8-9-16(27-15)19(21,22)23/h1-10H. The van der Waals surface area contributed by atoms with Crippen molar-refractivity contribution in [1.29, 1.82) is 0 Å². The second kappa shape index (κ2) is 7.16. The lowest BCUT2D eigenvalue weighted by atomic mass is 10.2. The van der Waals surface area contributed by atoms with Gasteiger partial charge in [-0.15, -0.1) is 0 Å². The van der Waals surface area contributed by atoms with Gasteiger partial charge in [0.15, 0.2) is 5.76 Å². The molecule has 0 fully saturated rings. The van der Waals surface area contributed by atoms with E-state index >= 15 is 0 Å². The quantitative estimate of drug-likeness (QED) is 0.351. The molecule has 0 bridgehead atoms. The van der Waals surface area contributed by atoms with Crippen molar-refractivity contribution in [1.82, 2.24) is 10.1 Å². The van der Waals surface area contributed by atoms with Crippen molar-refractivity contribution >= 4 is 15.9 Å². The molecule has 4 rings (SSSR count). The van der Waals surface area contributed by atoms with E-state index in [-0.39, 0.29) is 17.5 Å². The molecule has 0 saturated carbocycles. The van der Waals surface area contributed by atoms with Crippen LogP contribution in [-0.2, 0) is 6.18 Å². The Morgan fingerprint density at radius 1 is 0.929 bits per heavy atom. The molecular formula is C19H10BrF3N2O3. The first kappa shape index (κ1) is 18.3. The Kier molecular flexibility index (Phi) is 4.68. The van der Waals surface area contributed by atoms with Crippen molar-refractivity contribution < 1.29 is 26.8 Å². The lowest BCUT2D eigenvalue weighted by molar-refractivity contribution is -0.152. The number of hydrogen-bond acceptors (Lipinski definition) is 5. The van der Waals surface area contributed by atoms with Crippen LogP contribution in [0.5, 0.6) is 11.5 Å². The van der Waals surface area contributed by atoms with E-state index in [1.54, 1.807) is 24.3 Å². The van der Waals surface area contributed by atoms with Gasteiger partial charge in [0.2, 0.25) is 11.6 Å². The maximum atomic E-state index is 12.6. The molecular weight excluding hydrogens is 441 g/mol. The highest BCUT2D eigenvalue weighted by atomic mass is 79.9. The molecule has 0 saturated heterocycles. The number of nitrogens with zero attached hydrogens (tertiary/aromatic N) is 2. The van der Waals surface area contributed by atoms with Crippen LogP contribution in [0.2, 0.25) is 0 Å². The molecule has 0 spiro atoms. The molecule has 9 heteroatoms. The van der Waals surface area contributed by atoms with Crippen LogP contribution >= 0.6 is 15.9 Å². The second-order valence-electron chi connectivity index (χ2n) is 5.67. The Morgan fingerprint density at radius 3 is 2.39 bits per heavy atom. The zero-order chi connectivity index (χ0) is 19.7. The largest absolute Gasteiger partial charge is 0.457 e. The third-order valence-electron chi connectivity index (χ3n) is 3.66. The summed E-state index contributed by atoms with van der Waals surface area (Å²) in [5, 5.41) is 3.67. The Bertz CT molecular complexity index is 1100. The van der Waals surface area contributed by atoms with Crippen LogP contribution in [0, 0.1) is 0 Å². The predicted molar refractivity (Wildman–Crippen MR) is 96.7 cm³/mol. The maximum Gasteiger partial charge on any atom is 0.449 e. The van der Waals surface area contributed by atoms with Gasteiger partial charge in [0.25, 0.3) is 5.89 Å². The minimum atomic E-state index is -4.57. The Hall–Kier alpha value is -3.07. The molecule has 0 aliphatic carbocycles. The molecule has 0 aliphatic rings. The molecule has 0 unspecified atom stereocenters. The summed E-state index contributed by atoms with van der Waals surface area (Å²) >= 11 is 3.37. The average Bonchev–Trinajstić information content (AvgIpc) is 3.32. The Morgan fingerprint density at radius 2 is 1.71 bits per heavy atom. The van der Waals surface area contributed by atoms with Gasteiger partial charge in [-0.3, -0.25) is 0 Å². The average molecular weight is 451 g/mol. The van der Waals surface area contributed by atoms with Gasteiger partial charge in [0, 0.05) is 10.0 Å². The number of halogens is 4. The van der Waals surface area contributed by atoms with Gasteiger partial charge < -0.3 is 13.7 Å². The first-order valence-corrected chi connectivity index (χ1v) is 8.73. The Balaban J connectivity index is 1.52. The van der Waals surface area contributed by atoms with Gasteiger partial charge in [-0.2, -0.15) is 18.2 Å². The van der Waals surface area contributed by atoms with Crippen LogP contribution < -0.4 is 4.74 Å². The number of furan rings is 1. The van der Waals surface area contributed by atoms with E-state index in [2.05, 4.69) is 26.1 Å². The first-order valence-electron chi connectivity index (χ1n) is 7.93. The van der Waals surface area contributed by atoms with E-state index in [1.807, 2.05) is 24.3 Å². The third kappa shape index (κ3) is 3.94. The minimum Gasteiger partial charge on any atom is -0.457 e. The number of benzene rings is 2. The van der Waals surface area contributed by atoms with E-state index in [0.29, 0.717) is 17.1 Å². The minimum absolute atomic E-state index is 0.0695. The maximum absolute atomic E-state index is 12.6. The molecule has 4 aromatic rings. The zero-order valence-corrected chi connectivity index (χ0v) is 15.5. The Labute approximate surface area is 164 Å². The number of aromatic nitrogens is 2. The highest BCUT2D eigenvalue weighted by Gasteiger charge is 2.35. The lowest BCUT2D eigenvalue weighted by Gasteiger charge is -2.06. The van der Waals surface area contributed by atoms with Crippen LogP contribution in [0.4, 0.5) is 13.2 Å². The summed E-state index contributed by atoms with van der Waals surface area (Å²) in [6.45, 7) is 0. The van der Waals surface area contributed by atoms with Crippen LogP contribution in [0.1, 0.15) is 5.76 Å². The summed E-state index contributed by atoms with van der Waals surface area (Å²) in [5.41, 5.74) is 0.586. The summed E-state index contributed by atoms with van der Waals surface area (Å²) < 4.78 is 54.4. The summed E-state index contributed by atoms with van der Waals surface area (Å²) in [5.74, 6) is 0.0942. The van der Waals surface area contributed by atoms with Crippen LogP contribution in [0.15, 0.2) is 74.1 Å². The van der Waals surface area contributed by atoms with Crippen LogP contribution in [0.25, 0.3) is 23.0 Å². The van der Waals surface area contributed by atoms with Crippen molar-refractivity contribution in [2.24, 2.45) is 0 Å². The van der Waals surface area contributed by atoms with Crippen molar-refractivity contribution in [3.05, 3.63) is 70.9 Å². The van der Waals surface area contributed by atoms with Crippen molar-refractivity contribution in [3.63, 3.8) is 0 Å². The molecule has 0 N–H and O–H groups in total. The predicted octanol–water partition coefficient (Wildman–Crippen LogP) is 6.57. The fraction of sp³-hybridized carbons (Fsp3) is 0.0526. The SMILES string of the molecule is FC(F)(F)c1ccc(-c2noc(-c3ccc(Oc4cccc(Br)c4)cc3)n2)o1. The van der Waals surface area contributed by atoms with E-state index in [1.165, 1.54) is 0 Å². The molecule has 28 heavy (non-hydrogen) atoms. The van der Waals surface area contributed by atoms with E-state index < -0.39 is 11.9 Å². The summed E-state index contributed by atoms with van der Waals surface area (Å²) in [6.07, 6.45) is -4.57. The van der Waals surface area contributed by atoms with Gasteiger partial charge in [0.05, 0.1) is 0 Å². The highest BCUT2D eigenvalue weighted by Crippen LogP contribution is 2.33. The van der Waals surface area contributed by atoms with Gasteiger partial charge in [-0.25, -0.2) is 0 Å². The molecule has 2 aromatic carbocycles. The van der Waals surface area contributed by atoms with Gasteiger partial charge in [-0.1, -0.05) is 27.2 Å². The normalized spacial score (nSPS) is 11.6. The van der Waals surface area contributed by atoms with Gasteiger partial charge in [0.1, 0.15) is 11.5 Å². The topological polar surface area (TPSA) is 61.3 Å². The lowest BCUT2D eigenvalue weighted by Crippen LogP contribution is -2.01. The number of rotatable bonds is 4. The first-order chi connectivity index (χ1) is 13.4. The van der Waals surface area contributed by atoms with Crippen molar-refractivity contribution in [2.45, 2.75) is 6.18 Å². The van der Waals surface area contributed by atoms with Gasteiger partial charge in [-0.05, 0) is 54.6 Å². The van der Waals surface area contributed by atoms with E-state index in [4.69, 9.17) is 13.7 Å². The highest BCUT2D eigenvalue weighted by molar-refractivity contribution is 9.10. The molecule has 0 radical (unpaired) electrons. The molecule has 5 nitrogen and oxygen atoms in total. The number of alkyl halides is 3. The molecule has 0 aliphatic heterocycles. The molecule has 0 amide bonds. The van der Waals surface area contributed by atoms with Crippen LogP contribution in [0.3, 0.4) is 0 Å². The van der Waals surface area contributed by atoms with E-state index in [0.717, 1.165) is 16.6 Å². The van der Waals surface area contributed by atoms with Crippen LogP contribution in [-0.4, -0.2) is 10.1 Å². The molecule has 0 atom stereocenters. The van der Waals surface area contributed by atoms with Gasteiger partial charge >= 0.3 is 6.18 Å². The second-order valence-corrected chi connectivity index (χ2v) is 6.58. The fourth-order valence-electron chi connectivity index (χ4n) is 2.38. The molecule has 142 valence electrons. The number of ether oxygens (including phenoxy) is 1. The van der Waals surface area contributed by atoms with Crippen molar-refractivity contribution in [2.75, 3.05) is 0 Å². The summed E-state index contributed by atoms with van der Waals surface area (Å²) in [6, 6.07) is 16.2. The summed E-state index contributed by atoms with van der Waals surface area (Å²) in [4.78, 5) is 4.09. The molecule has 2 aromatic heterocycles. The smallest absolute Gasteiger partial charge is 0.449 e. The zero-order valence-electron chi connectivity index (χ0n) is 13.9. The third-order valence-corrected chi connectivity index (χ3v) is 4.16. The van der Waals surface area contributed by atoms with Crippen molar-refractivity contribution in [3.8, 4) is 34.5 Å². The number of hydrogen-bond donors (Lipinski definition) is 0. The fourth-order valence-corrected chi connectivity index (χ4v) is 2.76. The monoisotopic (exact) mass is 450 g/mol. The molecule has 2 heterocycles. The van der Waals surface area contributed by atoms with E-state index in [9.17, 15) is 13.2 Å². The summed E-state index contributed by atoms with van der Waals surface area (Å²) in [7, 11) is 0.